The summed E-state index contributed by atoms with van der Waals surface area (Å²) >= 11 is 18.3. The highest BCUT2D eigenvalue weighted by atomic mass is 35.5. The van der Waals surface area contributed by atoms with Crippen molar-refractivity contribution >= 4 is 40.5 Å². The van der Waals surface area contributed by atoms with Crippen LogP contribution in [-0.4, -0.2) is 0 Å². The molecule has 0 spiro atoms. The minimum absolute atomic E-state index is 0.198. The third kappa shape index (κ3) is 2.31. The molecule has 0 saturated heterocycles. The van der Waals surface area contributed by atoms with Crippen molar-refractivity contribution in [3.05, 3.63) is 62.1 Å². The minimum atomic E-state index is 0.198. The van der Waals surface area contributed by atoms with Crippen LogP contribution in [0.2, 0.25) is 15.1 Å². The zero-order valence-corrected chi connectivity index (χ0v) is 12.6. The Kier molecular flexibility index (Phi) is 3.38. The molecule has 19 heavy (non-hydrogen) atoms. The molecule has 1 unspecified atom stereocenters. The molecule has 0 saturated carbocycles. The molecule has 1 N–H and O–H groups in total. The molecule has 1 atom stereocenters. The maximum Gasteiger partial charge on any atom is 0.0595 e. The number of benzene rings is 2. The first kappa shape index (κ1) is 13.1. The predicted octanol–water partition coefficient (Wildman–Crippen LogP) is 5.66. The fraction of sp³-hybridized carbons (Fsp3) is 0.200. The molecule has 3 rings (SSSR count). The van der Waals surface area contributed by atoms with Crippen LogP contribution in [-0.2, 0) is 6.42 Å². The number of rotatable bonds is 1. The van der Waals surface area contributed by atoms with Gasteiger partial charge in [0, 0.05) is 17.1 Å². The number of hydrogen-bond donors (Lipinski definition) is 1. The molecule has 0 aromatic heterocycles. The van der Waals surface area contributed by atoms with Gasteiger partial charge in [-0.15, -0.1) is 0 Å². The van der Waals surface area contributed by atoms with Gasteiger partial charge in [0.1, 0.15) is 0 Å². The Hall–Kier alpha value is -0.890. The number of anilines is 1. The second kappa shape index (κ2) is 4.90. The van der Waals surface area contributed by atoms with E-state index in [9.17, 15) is 0 Å². The molecular formula is C15H12Cl3N. The number of nitrogens with one attached hydrogen (secondary N) is 1. The molecule has 0 amide bonds. The van der Waals surface area contributed by atoms with Crippen LogP contribution in [0.3, 0.4) is 0 Å². The summed E-state index contributed by atoms with van der Waals surface area (Å²) in [6.45, 7) is 2.08. The summed E-state index contributed by atoms with van der Waals surface area (Å²) < 4.78 is 0. The van der Waals surface area contributed by atoms with Crippen LogP contribution < -0.4 is 5.32 Å². The van der Waals surface area contributed by atoms with E-state index in [-0.39, 0.29) is 6.04 Å². The third-order valence-corrected chi connectivity index (χ3v) is 4.63. The van der Waals surface area contributed by atoms with Crippen LogP contribution in [0.1, 0.15) is 22.7 Å². The quantitative estimate of drug-likeness (QED) is 0.716. The van der Waals surface area contributed by atoms with Gasteiger partial charge in [-0.2, -0.15) is 0 Å². The fourth-order valence-corrected chi connectivity index (χ4v) is 3.04. The largest absolute Gasteiger partial charge is 0.377 e. The van der Waals surface area contributed by atoms with Crippen molar-refractivity contribution in [2.45, 2.75) is 19.4 Å². The number of fused-ring (bicyclic) bond motifs is 1. The van der Waals surface area contributed by atoms with Crippen molar-refractivity contribution in [1.29, 1.82) is 0 Å². The topological polar surface area (TPSA) is 12.0 Å². The van der Waals surface area contributed by atoms with E-state index in [2.05, 4.69) is 12.2 Å². The first-order valence-corrected chi connectivity index (χ1v) is 7.19. The third-order valence-electron chi connectivity index (χ3n) is 3.54. The highest BCUT2D eigenvalue weighted by Gasteiger charge is 2.25. The summed E-state index contributed by atoms with van der Waals surface area (Å²) in [5, 5.41) is 5.50. The molecule has 98 valence electrons. The average Bonchev–Trinajstić information content (AvgIpc) is 2.83. The van der Waals surface area contributed by atoms with Gasteiger partial charge in [-0.25, -0.2) is 0 Å². The number of halogens is 3. The molecule has 0 aliphatic carbocycles. The van der Waals surface area contributed by atoms with E-state index in [4.69, 9.17) is 34.8 Å². The summed E-state index contributed by atoms with van der Waals surface area (Å²) in [6.07, 6.45) is 0.869. The Balaban J connectivity index is 1.97. The van der Waals surface area contributed by atoms with Crippen LogP contribution in [0.15, 0.2) is 30.3 Å². The van der Waals surface area contributed by atoms with Gasteiger partial charge in [-0.3, -0.25) is 0 Å². The maximum atomic E-state index is 6.26. The van der Waals surface area contributed by atoms with E-state index in [1.165, 1.54) is 11.1 Å². The lowest BCUT2D eigenvalue weighted by Gasteiger charge is -2.13. The van der Waals surface area contributed by atoms with Crippen molar-refractivity contribution in [1.82, 2.24) is 0 Å². The van der Waals surface area contributed by atoms with Crippen molar-refractivity contribution in [2.75, 3.05) is 5.32 Å². The maximum absolute atomic E-state index is 6.26. The normalized spacial score (nSPS) is 17.2. The van der Waals surface area contributed by atoms with Crippen molar-refractivity contribution < 1.29 is 0 Å². The molecule has 1 aliphatic rings. The standard InChI is InChI=1S/C15H12Cl3N/c1-8-2-4-11(16)10-7-14(19-15(8)10)9-3-5-12(17)13(18)6-9/h2-6,14,19H,7H2,1H3. The number of hydrogen-bond acceptors (Lipinski definition) is 1. The molecule has 0 radical (unpaired) electrons. The monoisotopic (exact) mass is 311 g/mol. The lowest BCUT2D eigenvalue weighted by Crippen LogP contribution is -2.05. The summed E-state index contributed by atoms with van der Waals surface area (Å²) in [7, 11) is 0. The van der Waals surface area contributed by atoms with E-state index >= 15 is 0 Å². The first-order valence-electron chi connectivity index (χ1n) is 6.05. The van der Waals surface area contributed by atoms with E-state index in [0.717, 1.165) is 22.7 Å². The van der Waals surface area contributed by atoms with Gasteiger partial charge in [-0.1, -0.05) is 46.9 Å². The molecule has 0 bridgehead atoms. The average molecular weight is 313 g/mol. The SMILES string of the molecule is Cc1ccc(Cl)c2c1NC(c1ccc(Cl)c(Cl)c1)C2. The van der Waals surface area contributed by atoms with Gasteiger partial charge < -0.3 is 5.32 Å². The van der Waals surface area contributed by atoms with Gasteiger partial charge in [-0.05, 0) is 41.8 Å². The minimum Gasteiger partial charge on any atom is -0.377 e. The Morgan fingerprint density at radius 1 is 1.00 bits per heavy atom. The van der Waals surface area contributed by atoms with Gasteiger partial charge in [0.15, 0.2) is 0 Å². The van der Waals surface area contributed by atoms with Crippen LogP contribution in [0, 0.1) is 6.92 Å². The molecule has 4 heteroatoms. The summed E-state index contributed by atoms with van der Waals surface area (Å²) in [5.74, 6) is 0. The molecule has 0 fully saturated rings. The second-order valence-electron chi connectivity index (χ2n) is 4.79. The molecule has 1 heterocycles. The van der Waals surface area contributed by atoms with Crippen LogP contribution >= 0.6 is 34.8 Å². The zero-order chi connectivity index (χ0) is 13.6. The Morgan fingerprint density at radius 2 is 1.74 bits per heavy atom. The van der Waals surface area contributed by atoms with Gasteiger partial charge in [0.2, 0.25) is 0 Å². The van der Waals surface area contributed by atoms with Crippen LogP contribution in [0.5, 0.6) is 0 Å². The lowest BCUT2D eigenvalue weighted by molar-refractivity contribution is 0.824. The van der Waals surface area contributed by atoms with Crippen molar-refractivity contribution in [3.8, 4) is 0 Å². The fourth-order valence-electron chi connectivity index (χ4n) is 2.50. The molecule has 2 aromatic rings. The number of aryl methyl sites for hydroxylation is 1. The van der Waals surface area contributed by atoms with Crippen LogP contribution in [0.25, 0.3) is 0 Å². The Bertz CT molecular complexity index is 621. The summed E-state index contributed by atoms with van der Waals surface area (Å²) in [4.78, 5) is 0. The summed E-state index contributed by atoms with van der Waals surface area (Å²) in [6, 6.07) is 9.93. The van der Waals surface area contributed by atoms with Crippen LogP contribution in [0.4, 0.5) is 5.69 Å². The van der Waals surface area contributed by atoms with E-state index in [0.29, 0.717) is 10.0 Å². The highest BCUT2D eigenvalue weighted by molar-refractivity contribution is 6.42. The Labute approximate surface area is 127 Å². The summed E-state index contributed by atoms with van der Waals surface area (Å²) in [5.41, 5.74) is 4.66. The Morgan fingerprint density at radius 3 is 2.42 bits per heavy atom. The second-order valence-corrected chi connectivity index (χ2v) is 6.01. The molecule has 1 aliphatic heterocycles. The zero-order valence-electron chi connectivity index (χ0n) is 10.3. The van der Waals surface area contributed by atoms with Gasteiger partial charge in [0.25, 0.3) is 0 Å². The van der Waals surface area contributed by atoms with Crippen molar-refractivity contribution in [3.63, 3.8) is 0 Å². The van der Waals surface area contributed by atoms with Gasteiger partial charge >= 0.3 is 0 Å². The van der Waals surface area contributed by atoms with Gasteiger partial charge in [0.05, 0.1) is 16.1 Å². The van der Waals surface area contributed by atoms with E-state index in [1.54, 1.807) is 0 Å². The molecular weight excluding hydrogens is 301 g/mol. The van der Waals surface area contributed by atoms with E-state index in [1.807, 2.05) is 30.3 Å². The molecule has 1 nitrogen and oxygen atoms in total. The van der Waals surface area contributed by atoms with E-state index < -0.39 is 0 Å². The smallest absolute Gasteiger partial charge is 0.0595 e. The molecule has 2 aromatic carbocycles. The lowest BCUT2D eigenvalue weighted by atomic mass is 10.0. The first-order chi connectivity index (χ1) is 9.06. The van der Waals surface area contributed by atoms with Crippen molar-refractivity contribution in [2.24, 2.45) is 0 Å². The predicted molar refractivity (Wildman–Crippen MR) is 82.7 cm³/mol. The highest BCUT2D eigenvalue weighted by Crippen LogP contribution is 2.41.